The Bertz CT molecular complexity index is 170. The molecule has 0 unspecified atom stereocenters. The van der Waals surface area contributed by atoms with Crippen LogP contribution in [0, 0.1) is 17.8 Å². The van der Waals surface area contributed by atoms with Crippen LogP contribution in [0.4, 0.5) is 0 Å². The summed E-state index contributed by atoms with van der Waals surface area (Å²) < 4.78 is 0. The first kappa shape index (κ1) is 12.3. The van der Waals surface area contributed by atoms with E-state index < -0.39 is 0 Å². The predicted octanol–water partition coefficient (Wildman–Crippen LogP) is 4.75. The van der Waals surface area contributed by atoms with Crippen LogP contribution >= 0.6 is 0 Å². The molecule has 0 spiro atoms. The Labute approximate surface area is 94.8 Å². The Kier molecular flexibility index (Phi) is 5.45. The van der Waals surface area contributed by atoms with Crippen LogP contribution in [0.5, 0.6) is 0 Å². The smallest absolute Gasteiger partial charge is 0.0325 e. The van der Waals surface area contributed by atoms with Gasteiger partial charge in [0.25, 0.3) is 0 Å². The summed E-state index contributed by atoms with van der Waals surface area (Å²) in [6, 6.07) is 0. The molecule has 1 saturated carbocycles. The highest BCUT2D eigenvalue weighted by Crippen LogP contribution is 2.38. The minimum absolute atomic E-state index is 0.853. The first-order chi connectivity index (χ1) is 7.30. The van der Waals surface area contributed by atoms with E-state index in [0.717, 1.165) is 17.8 Å². The van der Waals surface area contributed by atoms with E-state index in [1.165, 1.54) is 38.5 Å². The molecule has 0 N–H and O–H groups in total. The largest absolute Gasteiger partial charge is 0.103 e. The van der Waals surface area contributed by atoms with Crippen molar-refractivity contribution in [3.05, 3.63) is 38.0 Å². The molecular weight excluding hydrogens is 180 g/mol. The van der Waals surface area contributed by atoms with E-state index in [2.05, 4.69) is 38.0 Å². The van der Waals surface area contributed by atoms with E-state index in [4.69, 9.17) is 0 Å². The molecule has 1 aliphatic rings. The fourth-order valence-electron chi connectivity index (χ4n) is 2.99. The van der Waals surface area contributed by atoms with Crippen LogP contribution in [0.1, 0.15) is 38.5 Å². The van der Waals surface area contributed by atoms with E-state index in [1.807, 2.05) is 0 Å². The normalized spacial score (nSPS) is 30.8. The summed E-state index contributed by atoms with van der Waals surface area (Å²) in [5.41, 5.74) is 0. The Balaban J connectivity index is 2.50. The molecule has 15 heavy (non-hydrogen) atoms. The second kappa shape index (κ2) is 6.66. The van der Waals surface area contributed by atoms with Gasteiger partial charge in [0.1, 0.15) is 0 Å². The van der Waals surface area contributed by atoms with Gasteiger partial charge in [-0.15, -0.1) is 19.7 Å². The predicted molar refractivity (Wildman–Crippen MR) is 68.8 cm³/mol. The molecule has 0 nitrogen and oxygen atoms in total. The van der Waals surface area contributed by atoms with Crippen LogP contribution in [-0.4, -0.2) is 0 Å². The average Bonchev–Trinajstić information content (AvgIpc) is 2.19. The van der Waals surface area contributed by atoms with Crippen molar-refractivity contribution < 1.29 is 0 Å². The molecule has 0 aliphatic heterocycles. The van der Waals surface area contributed by atoms with Crippen LogP contribution in [0.2, 0.25) is 0 Å². The molecule has 0 atom stereocenters. The van der Waals surface area contributed by atoms with E-state index in [0.29, 0.717) is 0 Å². The highest BCUT2D eigenvalue weighted by Gasteiger charge is 2.26. The summed E-state index contributed by atoms with van der Waals surface area (Å²) in [5, 5.41) is 0. The van der Waals surface area contributed by atoms with E-state index >= 15 is 0 Å². The zero-order valence-corrected chi connectivity index (χ0v) is 9.83. The lowest BCUT2D eigenvalue weighted by atomic mass is 9.72. The molecule has 0 radical (unpaired) electrons. The first-order valence-electron chi connectivity index (χ1n) is 6.12. The van der Waals surface area contributed by atoms with Gasteiger partial charge in [-0.2, -0.15) is 0 Å². The lowest BCUT2D eigenvalue weighted by Crippen LogP contribution is -2.22. The SMILES string of the molecule is C=CCC1CC(CC=C)CC(CC=C)C1. The van der Waals surface area contributed by atoms with Crippen LogP contribution in [0.25, 0.3) is 0 Å². The zero-order valence-electron chi connectivity index (χ0n) is 9.83. The fraction of sp³-hybridized carbons (Fsp3) is 0.600. The standard InChI is InChI=1S/C15H24/c1-4-7-13-10-14(8-5-2)12-15(11-13)9-6-3/h4-6,13-15H,1-3,7-12H2. The molecule has 1 aliphatic carbocycles. The van der Waals surface area contributed by atoms with Gasteiger partial charge in [0.2, 0.25) is 0 Å². The highest BCUT2D eigenvalue weighted by molar-refractivity contribution is 4.88. The minimum atomic E-state index is 0.853. The summed E-state index contributed by atoms with van der Waals surface area (Å²) >= 11 is 0. The maximum Gasteiger partial charge on any atom is -0.0325 e. The van der Waals surface area contributed by atoms with Gasteiger partial charge in [0.05, 0.1) is 0 Å². The summed E-state index contributed by atoms with van der Waals surface area (Å²) in [5.74, 6) is 2.56. The highest BCUT2D eigenvalue weighted by atomic mass is 14.3. The summed E-state index contributed by atoms with van der Waals surface area (Å²) in [6.07, 6.45) is 13.9. The van der Waals surface area contributed by atoms with Crippen molar-refractivity contribution in [2.24, 2.45) is 17.8 Å². The fourth-order valence-corrected chi connectivity index (χ4v) is 2.99. The first-order valence-corrected chi connectivity index (χ1v) is 6.12. The molecule has 0 aromatic carbocycles. The molecule has 0 bridgehead atoms. The molecule has 0 aromatic heterocycles. The van der Waals surface area contributed by atoms with Gasteiger partial charge in [-0.05, 0) is 56.3 Å². The number of hydrogen-bond donors (Lipinski definition) is 0. The van der Waals surface area contributed by atoms with Crippen LogP contribution < -0.4 is 0 Å². The number of hydrogen-bond acceptors (Lipinski definition) is 0. The molecule has 1 rings (SSSR count). The van der Waals surface area contributed by atoms with Crippen molar-refractivity contribution in [3.63, 3.8) is 0 Å². The van der Waals surface area contributed by atoms with Crippen LogP contribution in [-0.2, 0) is 0 Å². The summed E-state index contributed by atoms with van der Waals surface area (Å²) in [7, 11) is 0. The third kappa shape index (κ3) is 4.07. The lowest BCUT2D eigenvalue weighted by Gasteiger charge is -2.34. The number of rotatable bonds is 6. The van der Waals surface area contributed by atoms with Gasteiger partial charge in [-0.25, -0.2) is 0 Å². The van der Waals surface area contributed by atoms with Crippen molar-refractivity contribution in [2.45, 2.75) is 38.5 Å². The lowest BCUT2D eigenvalue weighted by molar-refractivity contribution is 0.198. The average molecular weight is 204 g/mol. The van der Waals surface area contributed by atoms with E-state index in [-0.39, 0.29) is 0 Å². The quantitative estimate of drug-likeness (QED) is 0.548. The van der Waals surface area contributed by atoms with Crippen LogP contribution in [0.3, 0.4) is 0 Å². The Morgan fingerprint density at radius 3 is 1.13 bits per heavy atom. The van der Waals surface area contributed by atoms with Crippen LogP contribution in [0.15, 0.2) is 38.0 Å². The van der Waals surface area contributed by atoms with Gasteiger partial charge in [-0.1, -0.05) is 18.2 Å². The molecule has 0 heteroatoms. The maximum atomic E-state index is 3.86. The van der Waals surface area contributed by atoms with Crippen molar-refractivity contribution >= 4 is 0 Å². The topological polar surface area (TPSA) is 0 Å². The maximum absolute atomic E-state index is 3.86. The van der Waals surface area contributed by atoms with Crippen molar-refractivity contribution in [1.29, 1.82) is 0 Å². The van der Waals surface area contributed by atoms with E-state index in [1.54, 1.807) is 0 Å². The Morgan fingerprint density at radius 1 is 0.667 bits per heavy atom. The zero-order chi connectivity index (χ0) is 11.1. The summed E-state index contributed by atoms with van der Waals surface area (Å²) in [6.45, 7) is 11.6. The molecule has 84 valence electrons. The molecule has 1 fully saturated rings. The van der Waals surface area contributed by atoms with Gasteiger partial charge in [0, 0.05) is 0 Å². The van der Waals surface area contributed by atoms with Gasteiger partial charge < -0.3 is 0 Å². The molecule has 0 aromatic rings. The molecular formula is C15H24. The monoisotopic (exact) mass is 204 g/mol. The Hall–Kier alpha value is -0.780. The summed E-state index contributed by atoms with van der Waals surface area (Å²) in [4.78, 5) is 0. The Morgan fingerprint density at radius 2 is 0.933 bits per heavy atom. The minimum Gasteiger partial charge on any atom is -0.103 e. The number of allylic oxidation sites excluding steroid dienone is 3. The van der Waals surface area contributed by atoms with Crippen molar-refractivity contribution in [1.82, 2.24) is 0 Å². The third-order valence-electron chi connectivity index (χ3n) is 3.50. The van der Waals surface area contributed by atoms with Gasteiger partial charge in [0.15, 0.2) is 0 Å². The molecule has 0 saturated heterocycles. The van der Waals surface area contributed by atoms with E-state index in [9.17, 15) is 0 Å². The molecule has 0 heterocycles. The second-order valence-electron chi connectivity index (χ2n) is 4.88. The van der Waals surface area contributed by atoms with Gasteiger partial charge in [-0.3, -0.25) is 0 Å². The molecule has 0 amide bonds. The van der Waals surface area contributed by atoms with Gasteiger partial charge >= 0.3 is 0 Å². The van der Waals surface area contributed by atoms with Crippen molar-refractivity contribution in [2.75, 3.05) is 0 Å². The third-order valence-corrected chi connectivity index (χ3v) is 3.50. The second-order valence-corrected chi connectivity index (χ2v) is 4.88. The van der Waals surface area contributed by atoms with Crippen molar-refractivity contribution in [3.8, 4) is 0 Å².